The Morgan fingerprint density at radius 2 is 1.60 bits per heavy atom. The number of unbranched alkanes of at least 4 members (excludes halogenated alkanes) is 2. The molecular weight excluding hydrogens is 554 g/mol. The lowest BCUT2D eigenvalue weighted by atomic mass is 10.0. The average Bonchev–Trinajstić information content (AvgIpc) is 3.02. The van der Waals surface area contributed by atoms with Crippen LogP contribution in [0.3, 0.4) is 0 Å². The lowest BCUT2D eigenvalue weighted by Gasteiger charge is -2.36. The molecule has 0 saturated carbocycles. The van der Waals surface area contributed by atoms with Crippen LogP contribution in [0.2, 0.25) is 0 Å². The molecule has 1 fully saturated rings. The highest BCUT2D eigenvalue weighted by molar-refractivity contribution is 7.99. The second-order valence-corrected chi connectivity index (χ2v) is 11.3. The molecule has 3 atom stereocenters. The van der Waals surface area contributed by atoms with E-state index in [0.29, 0.717) is 32.2 Å². The molecular formula is C33H39NO7S. The summed E-state index contributed by atoms with van der Waals surface area (Å²) in [7, 11) is 1.67. The minimum Gasteiger partial charge on any atom is -0.496 e. The third-order valence-electron chi connectivity index (χ3n) is 7.14. The van der Waals surface area contributed by atoms with Crippen molar-refractivity contribution < 1.29 is 34.0 Å². The van der Waals surface area contributed by atoms with Crippen LogP contribution in [0.4, 0.5) is 0 Å². The van der Waals surface area contributed by atoms with Gasteiger partial charge in [0.2, 0.25) is 5.91 Å². The molecule has 3 N–H and O–H groups in total. The summed E-state index contributed by atoms with van der Waals surface area (Å²) in [6.07, 6.45) is 2.40. The van der Waals surface area contributed by atoms with Gasteiger partial charge < -0.3 is 29.7 Å². The maximum Gasteiger partial charge on any atom is 0.303 e. The minimum atomic E-state index is -0.804. The number of para-hydroxylation sites is 1. The molecule has 1 aliphatic rings. The maximum absolute atomic E-state index is 12.2. The summed E-state index contributed by atoms with van der Waals surface area (Å²) >= 11 is 1.69. The molecule has 1 saturated heterocycles. The van der Waals surface area contributed by atoms with E-state index in [0.717, 1.165) is 45.1 Å². The SMILES string of the molecule is COc1ccccc1SCC1CC(c2ccc(CO)cc2)OC(c2ccc(CNC(=O)CCCCCC(=O)O)cc2)O1. The van der Waals surface area contributed by atoms with Gasteiger partial charge in [-0.3, -0.25) is 9.59 Å². The Kier molecular flexibility index (Phi) is 12.3. The molecule has 0 aliphatic carbocycles. The van der Waals surface area contributed by atoms with Gasteiger partial charge in [-0.25, -0.2) is 0 Å². The molecule has 0 aromatic heterocycles. The molecule has 3 aromatic carbocycles. The summed E-state index contributed by atoms with van der Waals surface area (Å²) in [4.78, 5) is 23.8. The van der Waals surface area contributed by atoms with E-state index in [1.54, 1.807) is 18.9 Å². The summed E-state index contributed by atoms with van der Waals surface area (Å²) in [6, 6.07) is 23.7. The highest BCUT2D eigenvalue weighted by Crippen LogP contribution is 2.40. The van der Waals surface area contributed by atoms with Crippen LogP contribution in [0.25, 0.3) is 0 Å². The number of aliphatic carboxylic acids is 1. The van der Waals surface area contributed by atoms with Gasteiger partial charge in [0.1, 0.15) is 5.75 Å². The van der Waals surface area contributed by atoms with E-state index < -0.39 is 12.3 Å². The van der Waals surface area contributed by atoms with Gasteiger partial charge in [0.15, 0.2) is 6.29 Å². The van der Waals surface area contributed by atoms with Crippen LogP contribution in [0.1, 0.15) is 73.2 Å². The zero-order valence-electron chi connectivity index (χ0n) is 23.9. The third-order valence-corrected chi connectivity index (χ3v) is 8.33. The predicted molar refractivity (Wildman–Crippen MR) is 161 cm³/mol. The highest BCUT2D eigenvalue weighted by Gasteiger charge is 2.32. The standard InChI is InChI=1S/C33H39NO7S/c1-39-28-7-5-6-8-30(28)42-22-27-19-29(25-15-13-24(21-35)14-16-25)41-33(40-27)26-17-11-23(12-18-26)20-34-31(36)9-3-2-4-10-32(37)38/h5-8,11-18,27,29,33,35H,2-4,9-10,19-22H2,1H3,(H,34,36)(H,37,38). The van der Waals surface area contributed by atoms with Gasteiger partial charge in [0.05, 0.1) is 25.9 Å². The van der Waals surface area contributed by atoms with Crippen molar-refractivity contribution in [3.63, 3.8) is 0 Å². The van der Waals surface area contributed by atoms with Gasteiger partial charge in [0.25, 0.3) is 0 Å². The van der Waals surface area contributed by atoms with E-state index in [1.165, 1.54) is 0 Å². The second kappa shape index (κ2) is 16.3. The minimum absolute atomic E-state index is 0.00465. The number of nitrogens with one attached hydrogen (secondary N) is 1. The molecule has 0 spiro atoms. The number of benzene rings is 3. The first-order chi connectivity index (χ1) is 20.4. The number of carboxylic acid groups (broad SMARTS) is 1. The number of amides is 1. The number of aliphatic hydroxyl groups excluding tert-OH is 1. The number of hydrogen-bond acceptors (Lipinski definition) is 7. The van der Waals surface area contributed by atoms with Crippen LogP contribution >= 0.6 is 11.8 Å². The summed E-state index contributed by atoms with van der Waals surface area (Å²) in [5.74, 6) is 0.717. The summed E-state index contributed by atoms with van der Waals surface area (Å²) in [5, 5.41) is 21.1. The Balaban J connectivity index is 1.37. The van der Waals surface area contributed by atoms with E-state index >= 15 is 0 Å². The number of rotatable bonds is 15. The number of methoxy groups -OCH3 is 1. The Morgan fingerprint density at radius 3 is 2.31 bits per heavy atom. The molecule has 1 aliphatic heterocycles. The molecule has 224 valence electrons. The number of carbonyl (C=O) groups excluding carboxylic acids is 1. The Labute approximate surface area is 251 Å². The average molecular weight is 594 g/mol. The summed E-state index contributed by atoms with van der Waals surface area (Å²) < 4.78 is 18.4. The molecule has 0 bridgehead atoms. The second-order valence-electron chi connectivity index (χ2n) is 10.3. The molecule has 4 rings (SSSR count). The Bertz CT molecular complexity index is 1280. The van der Waals surface area contributed by atoms with Gasteiger partial charge in [-0.15, -0.1) is 11.8 Å². The first kappa shape index (κ1) is 31.6. The Morgan fingerprint density at radius 1 is 0.905 bits per heavy atom. The molecule has 3 unspecified atom stereocenters. The lowest BCUT2D eigenvalue weighted by molar-refractivity contribution is -0.245. The zero-order valence-corrected chi connectivity index (χ0v) is 24.7. The van der Waals surface area contributed by atoms with Gasteiger partial charge >= 0.3 is 5.97 Å². The van der Waals surface area contributed by atoms with Crippen LogP contribution < -0.4 is 10.1 Å². The van der Waals surface area contributed by atoms with Crippen molar-refractivity contribution in [3.8, 4) is 5.75 Å². The van der Waals surface area contributed by atoms with Gasteiger partial charge in [0, 0.05) is 42.0 Å². The first-order valence-electron chi connectivity index (χ1n) is 14.3. The summed E-state index contributed by atoms with van der Waals surface area (Å²) in [6.45, 7) is 0.411. The van der Waals surface area contributed by atoms with Crippen molar-refractivity contribution in [3.05, 3.63) is 95.1 Å². The van der Waals surface area contributed by atoms with Crippen molar-refractivity contribution in [2.75, 3.05) is 12.9 Å². The molecule has 8 nitrogen and oxygen atoms in total. The topological polar surface area (TPSA) is 114 Å². The van der Waals surface area contributed by atoms with Crippen molar-refractivity contribution in [1.29, 1.82) is 0 Å². The van der Waals surface area contributed by atoms with Crippen LogP contribution in [0.5, 0.6) is 5.75 Å². The largest absolute Gasteiger partial charge is 0.496 e. The molecule has 1 amide bonds. The van der Waals surface area contributed by atoms with Crippen molar-refractivity contribution in [2.24, 2.45) is 0 Å². The zero-order chi connectivity index (χ0) is 29.7. The van der Waals surface area contributed by atoms with Crippen molar-refractivity contribution >= 4 is 23.6 Å². The quantitative estimate of drug-likeness (QED) is 0.142. The summed E-state index contributed by atoms with van der Waals surface area (Å²) in [5.41, 5.74) is 3.75. The number of ether oxygens (including phenoxy) is 3. The number of carboxylic acids is 1. The predicted octanol–water partition coefficient (Wildman–Crippen LogP) is 6.18. The lowest BCUT2D eigenvalue weighted by Crippen LogP contribution is -2.31. The maximum atomic E-state index is 12.2. The number of aliphatic hydroxyl groups is 1. The Hall–Kier alpha value is -3.37. The monoisotopic (exact) mass is 593 g/mol. The number of hydrogen-bond donors (Lipinski definition) is 3. The number of carbonyl (C=O) groups is 2. The van der Waals surface area contributed by atoms with Crippen LogP contribution in [-0.4, -0.2) is 41.1 Å². The van der Waals surface area contributed by atoms with E-state index in [1.807, 2.05) is 72.8 Å². The highest BCUT2D eigenvalue weighted by atomic mass is 32.2. The normalized spacial score (nSPS) is 18.4. The van der Waals surface area contributed by atoms with Gasteiger partial charge in [-0.2, -0.15) is 0 Å². The molecule has 0 radical (unpaired) electrons. The van der Waals surface area contributed by atoms with Gasteiger partial charge in [-0.05, 0) is 41.7 Å². The van der Waals surface area contributed by atoms with E-state index in [9.17, 15) is 14.7 Å². The molecule has 42 heavy (non-hydrogen) atoms. The van der Waals surface area contributed by atoms with Crippen LogP contribution in [0.15, 0.2) is 77.7 Å². The molecule has 1 heterocycles. The van der Waals surface area contributed by atoms with Crippen LogP contribution in [-0.2, 0) is 32.2 Å². The molecule has 9 heteroatoms. The fourth-order valence-corrected chi connectivity index (χ4v) is 5.81. The molecule has 3 aromatic rings. The smallest absolute Gasteiger partial charge is 0.303 e. The first-order valence-corrected chi connectivity index (χ1v) is 15.3. The fraction of sp³-hybridized carbons (Fsp3) is 0.394. The third kappa shape index (κ3) is 9.59. The van der Waals surface area contributed by atoms with E-state index in [4.69, 9.17) is 19.3 Å². The fourth-order valence-electron chi connectivity index (χ4n) is 4.76. The van der Waals surface area contributed by atoms with E-state index in [-0.39, 0.29) is 31.1 Å². The van der Waals surface area contributed by atoms with Gasteiger partial charge in [-0.1, -0.05) is 67.1 Å². The number of thioether (sulfide) groups is 1. The van der Waals surface area contributed by atoms with Crippen molar-refractivity contribution in [1.82, 2.24) is 5.32 Å². The van der Waals surface area contributed by atoms with Crippen molar-refractivity contribution in [2.45, 2.75) is 75.1 Å². The van der Waals surface area contributed by atoms with Crippen LogP contribution in [0, 0.1) is 0 Å². The van der Waals surface area contributed by atoms with E-state index in [2.05, 4.69) is 5.32 Å².